The van der Waals surface area contributed by atoms with Crippen molar-refractivity contribution in [3.8, 4) is 0 Å². The fourth-order valence-corrected chi connectivity index (χ4v) is 24.1. The average Bonchev–Trinajstić information content (AvgIpc) is 0.845. The Labute approximate surface area is 703 Å². The van der Waals surface area contributed by atoms with Gasteiger partial charge >= 0.3 is 102 Å². The molecule has 0 unspecified atom stereocenters. The first-order valence-electron chi connectivity index (χ1n) is 33.0. The van der Waals surface area contributed by atoms with Crippen molar-refractivity contribution in [1.82, 2.24) is 44.8 Å². The number of hydrogen-bond acceptors (Lipinski definition) is 21. The SMILES string of the molecule is C=Cc1ncc2c(Cl)cccc2n1.C=[CH][Sn]([CH2]CCC)([CH2]CCC)[CH2]CCC.COC(OC)N(C)C.Cc1c(Cl)cccc1[N+](=O)[O-].Clc1cccc2nc(I)ncc12.N=C(N)N.Nc1cccc(Cl)c1C=O.Nc1ncc2c(Cl)cccc2n1.Nc1ncc2c(Cl)cccc2n1.O=Cc1c(Cl)cccc1[N+](=O)[O-].[Fe]. The fraction of sp³-hybridized carbons (Fsp3) is 0.240. The van der Waals surface area contributed by atoms with Crippen LogP contribution in [0.15, 0.2) is 169 Å². The Kier molecular flexibility index (Phi) is 49.8. The minimum Gasteiger partial charge on any atom is -0.398 e. The number of nitrogens with zero attached hydrogens (tertiary/aromatic N) is 11. The molecule has 0 aliphatic heterocycles. The largest absolute Gasteiger partial charge is 0.398 e. The van der Waals surface area contributed by atoms with Crippen molar-refractivity contribution in [2.24, 2.45) is 11.5 Å². The summed E-state index contributed by atoms with van der Waals surface area (Å²) in [6, 6.07) is 35.8. The number of anilines is 3. The molecule has 588 valence electrons. The second kappa shape index (κ2) is 54.7. The van der Waals surface area contributed by atoms with Crippen LogP contribution in [0.4, 0.5) is 29.0 Å². The van der Waals surface area contributed by atoms with Crippen molar-refractivity contribution >= 4 is 219 Å². The number of nitrogens with two attached hydrogens (primary N) is 5. The molecular formula is C75H87Cl7FeIN17O8Sn. The van der Waals surface area contributed by atoms with Crippen LogP contribution in [0.1, 0.15) is 91.4 Å². The van der Waals surface area contributed by atoms with Gasteiger partial charge in [0.05, 0.1) is 72.6 Å². The first-order chi connectivity index (χ1) is 51.9. The van der Waals surface area contributed by atoms with E-state index in [-0.39, 0.29) is 63.3 Å². The number of fused-ring (bicyclic) bond motifs is 4. The van der Waals surface area contributed by atoms with Crippen LogP contribution in [0.3, 0.4) is 0 Å². The van der Waals surface area contributed by atoms with Crippen LogP contribution in [0, 0.1) is 36.4 Å². The number of carbonyl (C=O) groups excluding carboxylic acids is 2. The van der Waals surface area contributed by atoms with Gasteiger partial charge in [-0.05, 0) is 99.9 Å². The predicted octanol–water partition coefficient (Wildman–Crippen LogP) is 20.4. The summed E-state index contributed by atoms with van der Waals surface area (Å²) in [6.07, 6.45) is 17.6. The number of halogens is 8. The molecule has 4 aromatic heterocycles. The van der Waals surface area contributed by atoms with Gasteiger partial charge in [-0.25, -0.2) is 39.9 Å². The van der Waals surface area contributed by atoms with Gasteiger partial charge in [0.15, 0.2) is 28.2 Å². The summed E-state index contributed by atoms with van der Waals surface area (Å²) in [4.78, 5) is 74.4. The quantitative estimate of drug-likeness (QED) is 0.00444. The van der Waals surface area contributed by atoms with E-state index in [1.807, 2.05) is 79.7 Å². The van der Waals surface area contributed by atoms with E-state index in [2.05, 4.69) is 112 Å². The second-order valence-electron chi connectivity index (χ2n) is 22.8. The Bertz CT molecular complexity index is 4520. The Morgan fingerprint density at radius 1 is 0.545 bits per heavy atom. The molecule has 0 aliphatic rings. The number of aldehydes is 2. The number of nitrogen functional groups attached to an aromatic ring is 3. The van der Waals surface area contributed by atoms with Crippen LogP contribution in [-0.2, 0) is 26.5 Å². The molecule has 11 aromatic rings. The van der Waals surface area contributed by atoms with Gasteiger partial charge in [-0.3, -0.25) is 40.1 Å². The standard InChI is InChI=1S/C10H7ClN2.C8H4ClIN2.2C8H6ClN3.C7H4ClNO3.C7H6ClNO2.C7H6ClNO.C5H13NO2.3C4H9.C2H3.CH5N3.Fe.Sn/c1-2-10-12-6-7-8(11)4-3-5-9(7)13-10;3*9-6-2-1-3-7-5(6)4-11-8(10)12-7;8-6-2-1-3-7(9(11)12)5(6)4-10;1-5-6(8)3-2-4-7(5)9(10)11;8-6-2-1-3-7(9)5(6)4-10;1-6(2)5(7-3)8-4;3*1-3-4-2;1-2;2-1(3)4;;/h2-6H,1H2;1-4H;2*1-4H,(H2,10,11,12);1-4H;2-4H,1H3;1-4H,9H2;5H,1-4H3;3*1,3-4H2,2H3;1H,2H2;(H5,2,3,4);;. The molecule has 35 heteroatoms. The van der Waals surface area contributed by atoms with Crippen LogP contribution >= 0.6 is 104 Å². The summed E-state index contributed by atoms with van der Waals surface area (Å²) >= 11 is 40.7. The van der Waals surface area contributed by atoms with Crippen LogP contribution in [-0.4, -0.2) is 126 Å². The van der Waals surface area contributed by atoms with Crippen LogP contribution in [0.5, 0.6) is 0 Å². The minimum atomic E-state index is -1.85. The van der Waals surface area contributed by atoms with Crippen molar-refractivity contribution in [3.05, 3.63) is 251 Å². The molecule has 0 amide bonds. The molecule has 25 nitrogen and oxygen atoms in total. The van der Waals surface area contributed by atoms with Crippen molar-refractivity contribution in [2.75, 3.05) is 45.5 Å². The third-order valence-corrected chi connectivity index (χ3v) is 31.8. The van der Waals surface area contributed by atoms with Crippen molar-refractivity contribution in [1.29, 1.82) is 5.41 Å². The smallest absolute Gasteiger partial charge is 0.281 e. The molecule has 0 atom stereocenters. The van der Waals surface area contributed by atoms with Gasteiger partial charge in [-0.2, -0.15) is 0 Å². The van der Waals surface area contributed by atoms with E-state index in [4.69, 9.17) is 113 Å². The number of ether oxygens (including phenoxy) is 2. The van der Waals surface area contributed by atoms with E-state index in [1.165, 1.54) is 62.8 Å². The maximum Gasteiger partial charge on any atom is 0.281 e. The average molecular weight is 1900 g/mol. The van der Waals surface area contributed by atoms with E-state index in [0.717, 1.165) is 47.4 Å². The monoisotopic (exact) mass is 1900 g/mol. The molecule has 0 saturated carbocycles. The van der Waals surface area contributed by atoms with Gasteiger partial charge in [-0.15, -0.1) is 0 Å². The number of carbonyl (C=O) groups is 2. The van der Waals surface area contributed by atoms with Gasteiger partial charge < -0.3 is 38.1 Å². The number of hydrogen-bond donors (Lipinski definition) is 6. The zero-order chi connectivity index (χ0) is 81.8. The predicted molar refractivity (Wildman–Crippen MR) is 460 cm³/mol. The normalized spacial score (nSPS) is 10.1. The summed E-state index contributed by atoms with van der Waals surface area (Å²) < 4.78 is 17.6. The number of nitrogens with one attached hydrogen (secondary N) is 1. The van der Waals surface area contributed by atoms with E-state index in [0.29, 0.717) is 65.3 Å². The Balaban J connectivity index is 0.000000616. The van der Waals surface area contributed by atoms with Crippen molar-refractivity contribution in [2.45, 2.75) is 85.9 Å². The first kappa shape index (κ1) is 100. The Morgan fingerprint density at radius 2 is 0.882 bits per heavy atom. The third kappa shape index (κ3) is 35.7. The molecule has 0 radical (unpaired) electrons. The zero-order valence-corrected chi connectivity index (χ0v) is 73.0. The molecule has 4 heterocycles. The number of guanidine groups is 1. The van der Waals surface area contributed by atoms with Gasteiger partial charge in [0.25, 0.3) is 11.4 Å². The maximum atomic E-state index is 10.4. The van der Waals surface area contributed by atoms with E-state index in [1.54, 1.807) is 108 Å². The van der Waals surface area contributed by atoms with Gasteiger partial charge in [0.2, 0.25) is 18.3 Å². The molecular weight excluding hydrogens is 1820 g/mol. The van der Waals surface area contributed by atoms with Crippen LogP contribution < -0.4 is 28.7 Å². The summed E-state index contributed by atoms with van der Waals surface area (Å²) in [5.74, 6) is 0.823. The maximum absolute atomic E-state index is 10.4. The Hall–Kier alpha value is -7.85. The summed E-state index contributed by atoms with van der Waals surface area (Å²) in [5.41, 5.74) is 29.5. The zero-order valence-electron chi connectivity index (χ0n) is 61.5. The van der Waals surface area contributed by atoms with Crippen molar-refractivity contribution in [3.63, 3.8) is 0 Å². The molecule has 110 heavy (non-hydrogen) atoms. The number of benzene rings is 7. The van der Waals surface area contributed by atoms with Crippen LogP contribution in [0.25, 0.3) is 49.7 Å². The third-order valence-electron chi connectivity index (χ3n) is 14.8. The second-order valence-corrected chi connectivity index (χ2v) is 39.9. The van der Waals surface area contributed by atoms with Gasteiger partial charge in [0, 0.05) is 124 Å². The van der Waals surface area contributed by atoms with E-state index >= 15 is 0 Å². The molecule has 11 rings (SSSR count). The molecule has 0 fully saturated rings. The van der Waals surface area contributed by atoms with Gasteiger partial charge in [-0.1, -0.05) is 130 Å². The Morgan fingerprint density at radius 3 is 1.20 bits per heavy atom. The fourth-order valence-electron chi connectivity index (χ4n) is 9.26. The summed E-state index contributed by atoms with van der Waals surface area (Å²) in [7, 11) is 6.98. The topological polar surface area (TPSA) is 399 Å². The molecule has 0 bridgehead atoms. The molecule has 11 N–H and O–H groups in total. The van der Waals surface area contributed by atoms with E-state index < -0.39 is 28.2 Å². The number of methoxy groups -OCH3 is 2. The number of nitro groups is 2. The van der Waals surface area contributed by atoms with E-state index in [9.17, 15) is 29.8 Å². The molecule has 0 aliphatic carbocycles. The first-order valence-corrected chi connectivity index (χ1v) is 44.5. The number of nitro benzene ring substituents is 2. The molecule has 0 spiro atoms. The van der Waals surface area contributed by atoms with Gasteiger partial charge in [0.1, 0.15) is 5.56 Å². The number of unbranched alkanes of at least 4 members (excludes halogenated alkanes) is 3. The number of rotatable bonds is 18. The van der Waals surface area contributed by atoms with Crippen molar-refractivity contribution < 1.29 is 46.0 Å². The number of aromatic nitrogens is 8. The molecule has 0 saturated heterocycles. The minimum absolute atomic E-state index is 0. The molecule has 7 aromatic carbocycles. The summed E-state index contributed by atoms with van der Waals surface area (Å²) in [6.45, 7) is 16.4. The summed E-state index contributed by atoms with van der Waals surface area (Å²) in [5, 5.41) is 33.7. The van der Waals surface area contributed by atoms with Crippen LogP contribution in [0.2, 0.25) is 48.5 Å².